The molecule has 6 nitrogen and oxygen atoms in total. The molecule has 0 radical (unpaired) electrons. The van der Waals surface area contributed by atoms with Crippen molar-refractivity contribution < 1.29 is 29.3 Å². The summed E-state index contributed by atoms with van der Waals surface area (Å²) in [4.78, 5) is 33.3. The van der Waals surface area contributed by atoms with E-state index >= 15 is 0 Å². The van der Waals surface area contributed by atoms with Gasteiger partial charge in [-0.25, -0.2) is 4.79 Å². The minimum absolute atomic E-state index is 0.0337. The van der Waals surface area contributed by atoms with Gasteiger partial charge in [-0.1, -0.05) is 84.0 Å². The highest BCUT2D eigenvalue weighted by Gasteiger charge is 2.21. The second kappa shape index (κ2) is 18.8. The van der Waals surface area contributed by atoms with E-state index in [4.69, 9.17) is 14.9 Å². The topological polar surface area (TPSA) is 101 Å². The number of carbonyl (C=O) groups is 3. The molecule has 0 rings (SSSR count). The lowest BCUT2D eigenvalue weighted by Crippen LogP contribution is -2.27. The fraction of sp³-hybridized carbons (Fsp3) is 0.864. The number of carboxylic acid groups (broad SMARTS) is 2. The molecule has 0 spiro atoms. The van der Waals surface area contributed by atoms with Crippen molar-refractivity contribution in [3.8, 4) is 0 Å². The molecule has 0 aromatic heterocycles. The maximum absolute atomic E-state index is 11.8. The lowest BCUT2D eigenvalue weighted by Gasteiger charge is -2.13. The van der Waals surface area contributed by atoms with E-state index in [0.717, 1.165) is 12.8 Å². The first-order valence-electron chi connectivity index (χ1n) is 11.1. The van der Waals surface area contributed by atoms with Crippen molar-refractivity contribution in [3.63, 3.8) is 0 Å². The Bertz CT molecular complexity index is 421. The van der Waals surface area contributed by atoms with E-state index in [0.29, 0.717) is 6.42 Å². The Balaban J connectivity index is 3.54. The van der Waals surface area contributed by atoms with Crippen molar-refractivity contribution in [1.82, 2.24) is 0 Å². The predicted octanol–water partition coefficient (Wildman–Crippen LogP) is 5.72. The van der Waals surface area contributed by atoms with E-state index in [1.54, 1.807) is 0 Å². The Morgan fingerprint density at radius 3 is 1.57 bits per heavy atom. The van der Waals surface area contributed by atoms with Crippen molar-refractivity contribution in [2.45, 2.75) is 122 Å². The fourth-order valence-corrected chi connectivity index (χ4v) is 3.18. The summed E-state index contributed by atoms with van der Waals surface area (Å²) in [5.74, 6) is -2.71. The predicted molar refractivity (Wildman–Crippen MR) is 109 cm³/mol. The molecular formula is C22H40O6. The van der Waals surface area contributed by atoms with Gasteiger partial charge in [0.15, 0.2) is 6.10 Å². The van der Waals surface area contributed by atoms with Crippen LogP contribution < -0.4 is 0 Å². The average Bonchev–Trinajstić information content (AvgIpc) is 2.64. The zero-order valence-electron chi connectivity index (χ0n) is 17.6. The molecule has 0 saturated heterocycles. The van der Waals surface area contributed by atoms with Crippen LogP contribution in [0.1, 0.15) is 116 Å². The molecule has 0 aliphatic rings. The van der Waals surface area contributed by atoms with Crippen LogP contribution in [0.2, 0.25) is 0 Å². The number of rotatable bonds is 20. The van der Waals surface area contributed by atoms with Crippen LogP contribution in [-0.4, -0.2) is 34.2 Å². The summed E-state index contributed by atoms with van der Waals surface area (Å²) in [5.41, 5.74) is 0. The van der Waals surface area contributed by atoms with E-state index in [2.05, 4.69) is 6.92 Å². The molecule has 0 aromatic carbocycles. The zero-order chi connectivity index (χ0) is 21.0. The Labute approximate surface area is 170 Å². The zero-order valence-corrected chi connectivity index (χ0v) is 17.6. The molecule has 28 heavy (non-hydrogen) atoms. The van der Waals surface area contributed by atoms with Gasteiger partial charge in [0, 0.05) is 12.8 Å². The summed E-state index contributed by atoms with van der Waals surface area (Å²) in [5, 5.41) is 17.6. The van der Waals surface area contributed by atoms with Crippen LogP contribution in [-0.2, 0) is 19.1 Å². The van der Waals surface area contributed by atoms with Crippen molar-refractivity contribution in [2.24, 2.45) is 0 Å². The number of ether oxygens (including phenoxy) is 1. The lowest BCUT2D eigenvalue weighted by atomic mass is 10.0. The molecule has 2 N–H and O–H groups in total. The molecule has 6 heteroatoms. The van der Waals surface area contributed by atoms with Crippen molar-refractivity contribution in [3.05, 3.63) is 0 Å². The maximum atomic E-state index is 11.8. The quantitative estimate of drug-likeness (QED) is 0.200. The van der Waals surface area contributed by atoms with Crippen LogP contribution in [0.4, 0.5) is 0 Å². The van der Waals surface area contributed by atoms with Crippen LogP contribution in [0.5, 0.6) is 0 Å². The highest BCUT2D eigenvalue weighted by atomic mass is 16.6. The molecule has 164 valence electrons. The molecule has 0 heterocycles. The number of esters is 1. The first-order chi connectivity index (χ1) is 13.5. The van der Waals surface area contributed by atoms with Crippen LogP contribution in [0.25, 0.3) is 0 Å². The van der Waals surface area contributed by atoms with Crippen molar-refractivity contribution in [1.29, 1.82) is 0 Å². The highest BCUT2D eigenvalue weighted by molar-refractivity contribution is 5.78. The SMILES string of the molecule is CCCCCCCCCCCCCCCC(=O)OC(CCCC(=O)O)C(=O)O. The average molecular weight is 401 g/mol. The number of hydrogen-bond acceptors (Lipinski definition) is 4. The van der Waals surface area contributed by atoms with E-state index in [9.17, 15) is 14.4 Å². The van der Waals surface area contributed by atoms with E-state index in [1.807, 2.05) is 0 Å². The normalized spacial score (nSPS) is 11.9. The Morgan fingerprint density at radius 2 is 1.14 bits per heavy atom. The van der Waals surface area contributed by atoms with Gasteiger partial charge in [-0.15, -0.1) is 0 Å². The molecule has 0 saturated carbocycles. The van der Waals surface area contributed by atoms with Gasteiger partial charge >= 0.3 is 17.9 Å². The van der Waals surface area contributed by atoms with E-state index < -0.39 is 24.0 Å². The van der Waals surface area contributed by atoms with Crippen LogP contribution in [0.3, 0.4) is 0 Å². The van der Waals surface area contributed by atoms with Gasteiger partial charge < -0.3 is 14.9 Å². The molecule has 1 atom stereocenters. The lowest BCUT2D eigenvalue weighted by molar-refractivity contribution is -0.164. The summed E-state index contributed by atoms with van der Waals surface area (Å²) in [6.45, 7) is 2.24. The minimum atomic E-state index is -1.24. The summed E-state index contributed by atoms with van der Waals surface area (Å²) in [6, 6.07) is 0. The third-order valence-electron chi connectivity index (χ3n) is 4.89. The standard InChI is InChI=1S/C22H40O6/c1-2-3-4-5-6-7-8-9-10-11-12-13-14-18-21(25)28-19(22(26)27)16-15-17-20(23)24/h19H,2-18H2,1H3,(H,23,24)(H,26,27). The van der Waals surface area contributed by atoms with E-state index in [1.165, 1.54) is 64.2 Å². The minimum Gasteiger partial charge on any atom is -0.481 e. The highest BCUT2D eigenvalue weighted by Crippen LogP contribution is 2.14. The van der Waals surface area contributed by atoms with Crippen molar-refractivity contribution >= 4 is 17.9 Å². The molecule has 1 unspecified atom stereocenters. The molecule has 0 bridgehead atoms. The summed E-state index contributed by atoms with van der Waals surface area (Å²) in [6.07, 6.45) is 14.9. The van der Waals surface area contributed by atoms with Gasteiger partial charge in [0.25, 0.3) is 0 Å². The van der Waals surface area contributed by atoms with Crippen molar-refractivity contribution in [2.75, 3.05) is 0 Å². The number of carbonyl (C=O) groups excluding carboxylic acids is 1. The smallest absolute Gasteiger partial charge is 0.345 e. The molecule has 0 aliphatic carbocycles. The maximum Gasteiger partial charge on any atom is 0.345 e. The first-order valence-corrected chi connectivity index (χ1v) is 11.1. The fourth-order valence-electron chi connectivity index (χ4n) is 3.18. The summed E-state index contributed by atoms with van der Waals surface area (Å²) >= 11 is 0. The molecular weight excluding hydrogens is 360 g/mol. The van der Waals surface area contributed by atoms with Gasteiger partial charge in [0.1, 0.15) is 0 Å². The molecule has 0 aliphatic heterocycles. The van der Waals surface area contributed by atoms with Crippen LogP contribution >= 0.6 is 0 Å². The molecule has 0 fully saturated rings. The van der Waals surface area contributed by atoms with Gasteiger partial charge in [0.2, 0.25) is 0 Å². The third kappa shape index (κ3) is 17.8. The first kappa shape index (κ1) is 26.4. The Morgan fingerprint density at radius 1 is 0.679 bits per heavy atom. The molecule has 0 aromatic rings. The largest absolute Gasteiger partial charge is 0.481 e. The van der Waals surface area contributed by atoms with Crippen LogP contribution in [0, 0.1) is 0 Å². The van der Waals surface area contributed by atoms with Gasteiger partial charge in [0.05, 0.1) is 0 Å². The van der Waals surface area contributed by atoms with Gasteiger partial charge in [-0.05, 0) is 19.3 Å². The number of aliphatic carboxylic acids is 2. The number of hydrogen-bond donors (Lipinski definition) is 2. The second-order valence-corrected chi connectivity index (χ2v) is 7.60. The summed E-state index contributed by atoms with van der Waals surface area (Å²) < 4.78 is 4.97. The Kier molecular flexibility index (Phi) is 17.7. The number of unbranched alkanes of at least 4 members (excludes halogenated alkanes) is 12. The van der Waals surface area contributed by atoms with Gasteiger partial charge in [-0.3, -0.25) is 9.59 Å². The van der Waals surface area contributed by atoms with Gasteiger partial charge in [-0.2, -0.15) is 0 Å². The monoisotopic (exact) mass is 400 g/mol. The summed E-state index contributed by atoms with van der Waals surface area (Å²) in [7, 11) is 0. The second-order valence-electron chi connectivity index (χ2n) is 7.60. The number of carboxylic acids is 2. The van der Waals surface area contributed by atoms with E-state index in [-0.39, 0.29) is 25.7 Å². The van der Waals surface area contributed by atoms with Crippen LogP contribution in [0.15, 0.2) is 0 Å². The molecule has 0 amide bonds. The third-order valence-corrected chi connectivity index (χ3v) is 4.89. The Hall–Kier alpha value is -1.59.